The zero-order chi connectivity index (χ0) is 15.6. The van der Waals surface area contributed by atoms with E-state index in [0.29, 0.717) is 0 Å². The lowest BCUT2D eigenvalue weighted by atomic mass is 10.0. The molecule has 0 aromatic rings. The number of nitrogens with zero attached hydrogens (tertiary/aromatic N) is 1. The van der Waals surface area contributed by atoms with Crippen LogP contribution in [0.1, 0.15) is 66.2 Å². The molecule has 0 saturated carbocycles. The molecular formula is C14H30NO4P. The van der Waals surface area contributed by atoms with E-state index in [1.54, 1.807) is 0 Å². The Morgan fingerprint density at radius 2 is 1.70 bits per heavy atom. The molecule has 0 rings (SSSR count). The van der Waals surface area contributed by atoms with E-state index in [1.807, 2.05) is 0 Å². The van der Waals surface area contributed by atoms with Crippen molar-refractivity contribution < 1.29 is 19.2 Å². The Hall–Kier alpha value is -0.380. The zero-order valence-corrected chi connectivity index (χ0v) is 14.1. The van der Waals surface area contributed by atoms with E-state index in [1.165, 1.54) is 33.1 Å². The minimum absolute atomic E-state index is 0.213. The molecule has 2 N–H and O–H groups in total. The van der Waals surface area contributed by atoms with E-state index in [0.717, 1.165) is 25.2 Å². The van der Waals surface area contributed by atoms with E-state index in [-0.39, 0.29) is 12.3 Å². The standard InChI is InChI=1S/C14H30NO4P/c1-12(2)10-8-6-5-7-9-11-19-20(17,18)14(4)13(3)15-16/h12,14,16H,5-11H2,1-4H3,(H,17,18). The molecule has 0 saturated heterocycles. The van der Waals surface area contributed by atoms with Crippen LogP contribution in [0, 0.1) is 5.92 Å². The number of oxime groups is 1. The van der Waals surface area contributed by atoms with Crippen molar-refractivity contribution >= 4 is 13.3 Å². The maximum absolute atomic E-state index is 11.9. The van der Waals surface area contributed by atoms with Gasteiger partial charge in [0.1, 0.15) is 0 Å². The van der Waals surface area contributed by atoms with Crippen LogP contribution < -0.4 is 0 Å². The highest BCUT2D eigenvalue weighted by Crippen LogP contribution is 2.47. The fourth-order valence-corrected chi connectivity index (χ4v) is 2.95. The molecule has 120 valence electrons. The lowest BCUT2D eigenvalue weighted by Crippen LogP contribution is -2.16. The Morgan fingerprint density at radius 3 is 2.25 bits per heavy atom. The fraction of sp³-hybridized carbons (Fsp3) is 0.929. The first-order valence-electron chi connectivity index (χ1n) is 7.46. The van der Waals surface area contributed by atoms with Crippen LogP contribution in [0.2, 0.25) is 0 Å². The second-order valence-corrected chi connectivity index (χ2v) is 7.93. The topological polar surface area (TPSA) is 79.1 Å². The van der Waals surface area contributed by atoms with Crippen molar-refractivity contribution in [1.29, 1.82) is 0 Å². The van der Waals surface area contributed by atoms with Gasteiger partial charge in [0.2, 0.25) is 0 Å². The highest BCUT2D eigenvalue weighted by Gasteiger charge is 2.30. The van der Waals surface area contributed by atoms with E-state index in [2.05, 4.69) is 19.0 Å². The predicted molar refractivity (Wildman–Crippen MR) is 82.7 cm³/mol. The normalized spacial score (nSPS) is 17.2. The maximum atomic E-state index is 11.9. The minimum Gasteiger partial charge on any atom is -0.411 e. The van der Waals surface area contributed by atoms with Crippen LogP contribution in [0.5, 0.6) is 0 Å². The molecule has 2 atom stereocenters. The van der Waals surface area contributed by atoms with Gasteiger partial charge in [-0.1, -0.05) is 51.1 Å². The third-order valence-electron chi connectivity index (χ3n) is 3.45. The Balaban J connectivity index is 3.71. The van der Waals surface area contributed by atoms with E-state index < -0.39 is 13.3 Å². The lowest BCUT2D eigenvalue weighted by molar-refractivity contribution is 0.249. The van der Waals surface area contributed by atoms with Gasteiger partial charge in [-0.3, -0.25) is 4.57 Å². The summed E-state index contributed by atoms with van der Waals surface area (Å²) in [4.78, 5) is 9.73. The van der Waals surface area contributed by atoms with Gasteiger partial charge in [0, 0.05) is 0 Å². The maximum Gasteiger partial charge on any atom is 0.336 e. The van der Waals surface area contributed by atoms with Crippen molar-refractivity contribution in [1.82, 2.24) is 0 Å². The Morgan fingerprint density at radius 1 is 1.15 bits per heavy atom. The number of hydrogen-bond donors (Lipinski definition) is 2. The van der Waals surface area contributed by atoms with E-state index in [4.69, 9.17) is 9.73 Å². The molecule has 0 spiro atoms. The van der Waals surface area contributed by atoms with E-state index in [9.17, 15) is 9.46 Å². The molecule has 0 fully saturated rings. The van der Waals surface area contributed by atoms with Gasteiger partial charge in [0.25, 0.3) is 0 Å². The molecule has 0 aliphatic carbocycles. The summed E-state index contributed by atoms with van der Waals surface area (Å²) in [5.74, 6) is 0.761. The molecule has 0 radical (unpaired) electrons. The first-order chi connectivity index (χ1) is 9.31. The summed E-state index contributed by atoms with van der Waals surface area (Å²) in [6.07, 6.45) is 6.66. The summed E-state index contributed by atoms with van der Waals surface area (Å²) in [5.41, 5.74) is -0.553. The molecule has 0 aliphatic heterocycles. The van der Waals surface area contributed by atoms with Crippen molar-refractivity contribution in [3.8, 4) is 0 Å². The molecule has 0 amide bonds. The second kappa shape index (κ2) is 10.4. The molecular weight excluding hydrogens is 277 g/mol. The largest absolute Gasteiger partial charge is 0.411 e. The van der Waals surface area contributed by atoms with Crippen LogP contribution in [0.15, 0.2) is 5.16 Å². The lowest BCUT2D eigenvalue weighted by Gasteiger charge is -2.18. The average molecular weight is 307 g/mol. The van der Waals surface area contributed by atoms with Crippen molar-refractivity contribution in [2.45, 2.75) is 71.9 Å². The van der Waals surface area contributed by atoms with E-state index >= 15 is 0 Å². The van der Waals surface area contributed by atoms with Gasteiger partial charge in [-0.25, -0.2) is 0 Å². The van der Waals surface area contributed by atoms with Crippen LogP contribution in [0.25, 0.3) is 0 Å². The highest BCUT2D eigenvalue weighted by molar-refractivity contribution is 7.54. The van der Waals surface area contributed by atoms with Gasteiger partial charge in [0.15, 0.2) is 0 Å². The first kappa shape index (κ1) is 19.6. The molecule has 0 bridgehead atoms. The SMILES string of the molecule is CC(=NO)C(C)P(=O)(O)OCCCCCCCC(C)C. The third kappa shape index (κ3) is 8.72. The van der Waals surface area contributed by atoms with Crippen molar-refractivity contribution in [2.75, 3.05) is 6.61 Å². The quantitative estimate of drug-likeness (QED) is 0.195. The molecule has 2 unspecified atom stereocenters. The van der Waals surface area contributed by atoms with Gasteiger partial charge in [-0.15, -0.1) is 0 Å². The second-order valence-electron chi connectivity index (χ2n) is 5.76. The fourth-order valence-electron chi connectivity index (χ4n) is 1.81. The molecule has 0 heterocycles. The van der Waals surface area contributed by atoms with Gasteiger partial charge in [0.05, 0.1) is 18.0 Å². The van der Waals surface area contributed by atoms with Crippen LogP contribution >= 0.6 is 7.60 Å². The predicted octanol–water partition coefficient (Wildman–Crippen LogP) is 4.42. The minimum atomic E-state index is -3.72. The monoisotopic (exact) mass is 307 g/mol. The van der Waals surface area contributed by atoms with Gasteiger partial charge < -0.3 is 14.6 Å². The summed E-state index contributed by atoms with van der Waals surface area (Å²) in [5, 5.41) is 11.6. The number of hydrogen-bond acceptors (Lipinski definition) is 4. The van der Waals surface area contributed by atoms with Gasteiger partial charge in [-0.2, -0.15) is 0 Å². The smallest absolute Gasteiger partial charge is 0.336 e. The first-order valence-corrected chi connectivity index (χ1v) is 9.11. The summed E-state index contributed by atoms with van der Waals surface area (Å²) < 4.78 is 16.9. The summed E-state index contributed by atoms with van der Waals surface area (Å²) in [6, 6.07) is 0. The summed E-state index contributed by atoms with van der Waals surface area (Å²) in [7, 11) is -3.72. The average Bonchev–Trinajstić information content (AvgIpc) is 2.39. The number of rotatable bonds is 11. The van der Waals surface area contributed by atoms with Crippen molar-refractivity contribution in [3.63, 3.8) is 0 Å². The van der Waals surface area contributed by atoms with Crippen molar-refractivity contribution in [3.05, 3.63) is 0 Å². The third-order valence-corrected chi connectivity index (χ3v) is 5.36. The Labute approximate surface area is 122 Å². The van der Waals surface area contributed by atoms with Crippen molar-refractivity contribution in [2.24, 2.45) is 11.1 Å². The molecule has 0 aromatic heterocycles. The molecule has 5 nitrogen and oxygen atoms in total. The van der Waals surface area contributed by atoms with Crippen LogP contribution in [-0.4, -0.2) is 28.1 Å². The molecule has 20 heavy (non-hydrogen) atoms. The van der Waals surface area contributed by atoms with Gasteiger partial charge in [-0.05, 0) is 26.2 Å². The van der Waals surface area contributed by atoms with Crippen LogP contribution in [0.4, 0.5) is 0 Å². The Bertz CT molecular complexity index is 331. The molecule has 0 aliphatic rings. The van der Waals surface area contributed by atoms with Crippen LogP contribution in [0.3, 0.4) is 0 Å². The highest BCUT2D eigenvalue weighted by atomic mass is 31.2. The molecule has 6 heteroatoms. The number of unbranched alkanes of at least 4 members (excludes halogenated alkanes) is 4. The molecule has 0 aromatic carbocycles. The Kier molecular flexibility index (Phi) is 10.2. The van der Waals surface area contributed by atoms with Crippen LogP contribution in [-0.2, 0) is 9.09 Å². The zero-order valence-electron chi connectivity index (χ0n) is 13.2. The summed E-state index contributed by atoms with van der Waals surface area (Å²) >= 11 is 0. The van der Waals surface area contributed by atoms with Gasteiger partial charge >= 0.3 is 7.60 Å². The summed E-state index contributed by atoms with van der Waals surface area (Å²) in [6.45, 7) is 7.77.